The number of rotatable bonds is 6. The van der Waals surface area contributed by atoms with Crippen LogP contribution in [-0.4, -0.2) is 7.05 Å². The van der Waals surface area contributed by atoms with Crippen molar-refractivity contribution in [2.75, 3.05) is 7.05 Å². The molecule has 0 spiro atoms. The van der Waals surface area contributed by atoms with Gasteiger partial charge in [-0.25, -0.2) is 8.78 Å². The first-order valence-electron chi connectivity index (χ1n) is 7.36. The highest BCUT2D eigenvalue weighted by molar-refractivity contribution is 5.34. The zero-order valence-electron chi connectivity index (χ0n) is 12.5. The van der Waals surface area contributed by atoms with Crippen LogP contribution in [0.15, 0.2) is 42.5 Å². The quantitative estimate of drug-likeness (QED) is 0.818. The number of nitrogens with one attached hydrogen (secondary N) is 1. The van der Waals surface area contributed by atoms with Crippen LogP contribution in [0.3, 0.4) is 0 Å². The summed E-state index contributed by atoms with van der Waals surface area (Å²) >= 11 is 0. The SMILES string of the molecule is CCCCc1ccc(C(NC)c2cc(F)cc(F)c2)cc1. The van der Waals surface area contributed by atoms with Crippen LogP contribution in [0.5, 0.6) is 0 Å². The van der Waals surface area contributed by atoms with Gasteiger partial charge in [-0.3, -0.25) is 0 Å². The Kier molecular flexibility index (Phi) is 5.45. The van der Waals surface area contributed by atoms with E-state index in [0.717, 1.165) is 18.1 Å². The molecule has 0 fully saturated rings. The molecule has 1 nitrogen and oxygen atoms in total. The van der Waals surface area contributed by atoms with Crippen molar-refractivity contribution in [3.63, 3.8) is 0 Å². The summed E-state index contributed by atoms with van der Waals surface area (Å²) in [4.78, 5) is 0. The fourth-order valence-corrected chi connectivity index (χ4v) is 2.53. The van der Waals surface area contributed by atoms with Gasteiger partial charge in [-0.15, -0.1) is 0 Å². The van der Waals surface area contributed by atoms with Crippen LogP contribution in [0.1, 0.15) is 42.5 Å². The molecule has 0 aliphatic heterocycles. The smallest absolute Gasteiger partial charge is 0.126 e. The molecule has 0 heterocycles. The van der Waals surface area contributed by atoms with Crippen molar-refractivity contribution in [3.05, 3.63) is 70.8 Å². The summed E-state index contributed by atoms with van der Waals surface area (Å²) in [6.45, 7) is 2.17. The maximum Gasteiger partial charge on any atom is 0.126 e. The summed E-state index contributed by atoms with van der Waals surface area (Å²) < 4.78 is 26.8. The Hall–Kier alpha value is -1.74. The van der Waals surface area contributed by atoms with E-state index in [1.54, 1.807) is 7.05 Å². The summed E-state index contributed by atoms with van der Waals surface area (Å²) in [5.74, 6) is -1.10. The molecule has 0 aliphatic carbocycles. The molecule has 0 radical (unpaired) electrons. The van der Waals surface area contributed by atoms with Crippen LogP contribution < -0.4 is 5.32 Å². The molecule has 2 aromatic rings. The van der Waals surface area contributed by atoms with E-state index in [-0.39, 0.29) is 6.04 Å². The number of halogens is 2. The Labute approximate surface area is 125 Å². The molecule has 1 N–H and O–H groups in total. The zero-order valence-corrected chi connectivity index (χ0v) is 12.5. The molecule has 2 rings (SSSR count). The van der Waals surface area contributed by atoms with Gasteiger partial charge in [0.1, 0.15) is 11.6 Å². The Morgan fingerprint density at radius 1 is 0.952 bits per heavy atom. The topological polar surface area (TPSA) is 12.0 Å². The molecule has 1 atom stereocenters. The molecular formula is C18H21F2N. The largest absolute Gasteiger partial charge is 0.309 e. The van der Waals surface area contributed by atoms with Crippen LogP contribution in [0.2, 0.25) is 0 Å². The molecule has 0 aliphatic rings. The maximum absolute atomic E-state index is 13.4. The average Bonchev–Trinajstić information content (AvgIpc) is 2.46. The minimum absolute atomic E-state index is 0.213. The molecule has 0 amide bonds. The van der Waals surface area contributed by atoms with Crippen LogP contribution in [-0.2, 0) is 6.42 Å². The van der Waals surface area contributed by atoms with Gasteiger partial charge >= 0.3 is 0 Å². The predicted molar refractivity (Wildman–Crippen MR) is 82.3 cm³/mol. The molecule has 1 unspecified atom stereocenters. The van der Waals surface area contributed by atoms with Crippen molar-refractivity contribution in [1.82, 2.24) is 5.32 Å². The molecule has 0 aromatic heterocycles. The van der Waals surface area contributed by atoms with E-state index in [9.17, 15) is 8.78 Å². The van der Waals surface area contributed by atoms with Gasteiger partial charge in [0.25, 0.3) is 0 Å². The highest BCUT2D eigenvalue weighted by atomic mass is 19.1. The van der Waals surface area contributed by atoms with E-state index in [4.69, 9.17) is 0 Å². The first-order valence-corrected chi connectivity index (χ1v) is 7.36. The van der Waals surface area contributed by atoms with Crippen LogP contribution >= 0.6 is 0 Å². The van der Waals surface area contributed by atoms with Gasteiger partial charge in [-0.05, 0) is 48.7 Å². The highest BCUT2D eigenvalue weighted by Gasteiger charge is 2.14. The van der Waals surface area contributed by atoms with E-state index in [1.165, 1.54) is 30.5 Å². The lowest BCUT2D eigenvalue weighted by molar-refractivity contribution is 0.571. The Morgan fingerprint density at radius 3 is 2.10 bits per heavy atom. The molecule has 21 heavy (non-hydrogen) atoms. The third-order valence-electron chi connectivity index (χ3n) is 3.64. The predicted octanol–water partition coefficient (Wildman–Crippen LogP) is 4.62. The van der Waals surface area contributed by atoms with Gasteiger partial charge in [0.15, 0.2) is 0 Å². The van der Waals surface area contributed by atoms with E-state index < -0.39 is 11.6 Å². The number of unbranched alkanes of at least 4 members (excludes halogenated alkanes) is 1. The molecule has 3 heteroatoms. The Bertz CT molecular complexity index is 558. The third kappa shape index (κ3) is 4.11. The van der Waals surface area contributed by atoms with Crippen molar-refractivity contribution < 1.29 is 8.78 Å². The van der Waals surface area contributed by atoms with Crippen molar-refractivity contribution >= 4 is 0 Å². The van der Waals surface area contributed by atoms with Gasteiger partial charge in [0.2, 0.25) is 0 Å². The lowest BCUT2D eigenvalue weighted by Gasteiger charge is -2.18. The molecule has 0 saturated heterocycles. The fourth-order valence-electron chi connectivity index (χ4n) is 2.53. The van der Waals surface area contributed by atoms with Crippen molar-refractivity contribution in [2.24, 2.45) is 0 Å². The summed E-state index contributed by atoms with van der Waals surface area (Å²) in [6, 6.07) is 11.6. The van der Waals surface area contributed by atoms with E-state index in [1.807, 2.05) is 12.1 Å². The molecule has 2 aromatic carbocycles. The Balaban J connectivity index is 2.24. The summed E-state index contributed by atoms with van der Waals surface area (Å²) in [5.41, 5.74) is 2.89. The fraction of sp³-hybridized carbons (Fsp3) is 0.333. The van der Waals surface area contributed by atoms with Crippen LogP contribution in [0.4, 0.5) is 8.78 Å². The number of aryl methyl sites for hydroxylation is 1. The van der Waals surface area contributed by atoms with Gasteiger partial charge in [-0.2, -0.15) is 0 Å². The number of hydrogen-bond donors (Lipinski definition) is 1. The number of hydrogen-bond acceptors (Lipinski definition) is 1. The van der Waals surface area contributed by atoms with Crippen LogP contribution in [0, 0.1) is 11.6 Å². The first kappa shape index (κ1) is 15.6. The second-order valence-electron chi connectivity index (χ2n) is 5.27. The lowest BCUT2D eigenvalue weighted by atomic mass is 9.96. The van der Waals surface area contributed by atoms with Gasteiger partial charge in [0, 0.05) is 6.07 Å². The maximum atomic E-state index is 13.4. The zero-order chi connectivity index (χ0) is 15.2. The lowest BCUT2D eigenvalue weighted by Crippen LogP contribution is -2.18. The first-order chi connectivity index (χ1) is 10.1. The normalized spacial score (nSPS) is 12.4. The van der Waals surface area contributed by atoms with Gasteiger partial charge < -0.3 is 5.32 Å². The average molecular weight is 289 g/mol. The standard InChI is InChI=1S/C18H21F2N/c1-3-4-5-13-6-8-14(9-7-13)18(21-2)15-10-16(19)12-17(20)11-15/h6-12,18,21H,3-5H2,1-2H3. The van der Waals surface area contributed by atoms with E-state index in [0.29, 0.717) is 5.56 Å². The van der Waals surface area contributed by atoms with E-state index in [2.05, 4.69) is 24.4 Å². The monoisotopic (exact) mass is 289 g/mol. The second kappa shape index (κ2) is 7.32. The van der Waals surface area contributed by atoms with Gasteiger partial charge in [0.05, 0.1) is 6.04 Å². The van der Waals surface area contributed by atoms with Gasteiger partial charge in [-0.1, -0.05) is 37.6 Å². The van der Waals surface area contributed by atoms with Crippen molar-refractivity contribution in [2.45, 2.75) is 32.2 Å². The third-order valence-corrected chi connectivity index (χ3v) is 3.64. The van der Waals surface area contributed by atoms with E-state index >= 15 is 0 Å². The number of benzene rings is 2. The molecule has 0 bridgehead atoms. The van der Waals surface area contributed by atoms with Crippen molar-refractivity contribution in [1.29, 1.82) is 0 Å². The highest BCUT2D eigenvalue weighted by Crippen LogP contribution is 2.24. The Morgan fingerprint density at radius 2 is 1.57 bits per heavy atom. The molecule has 112 valence electrons. The minimum Gasteiger partial charge on any atom is -0.309 e. The molecular weight excluding hydrogens is 268 g/mol. The summed E-state index contributed by atoms with van der Waals surface area (Å²) in [7, 11) is 1.79. The van der Waals surface area contributed by atoms with Crippen molar-refractivity contribution in [3.8, 4) is 0 Å². The summed E-state index contributed by atoms with van der Waals surface area (Å²) in [6.07, 6.45) is 3.41. The molecule has 0 saturated carbocycles. The second-order valence-corrected chi connectivity index (χ2v) is 5.27. The van der Waals surface area contributed by atoms with Crippen LogP contribution in [0.25, 0.3) is 0 Å². The minimum atomic E-state index is -0.551. The summed E-state index contributed by atoms with van der Waals surface area (Å²) in [5, 5.41) is 3.12.